The number of hydrogen-bond acceptors (Lipinski definition) is 6. The Hall–Kier alpha value is -1.63. The van der Waals surface area contributed by atoms with Crippen LogP contribution >= 0.6 is 11.3 Å². The van der Waals surface area contributed by atoms with E-state index in [4.69, 9.17) is 15.3 Å². The lowest BCUT2D eigenvalue weighted by Gasteiger charge is -2.20. The van der Waals surface area contributed by atoms with Gasteiger partial charge in [0.05, 0.1) is 30.8 Å². The Labute approximate surface area is 116 Å². The van der Waals surface area contributed by atoms with Crippen LogP contribution < -0.4 is 20.7 Å². The smallest absolute Gasteiger partial charge is 0.127 e. The maximum absolute atomic E-state index is 5.68. The van der Waals surface area contributed by atoms with Crippen LogP contribution in [0.25, 0.3) is 0 Å². The van der Waals surface area contributed by atoms with Crippen LogP contribution in [0.1, 0.15) is 16.6 Å². The van der Waals surface area contributed by atoms with Gasteiger partial charge in [-0.3, -0.25) is 11.3 Å². The van der Waals surface area contributed by atoms with Gasteiger partial charge in [0.1, 0.15) is 11.5 Å². The lowest BCUT2D eigenvalue weighted by atomic mass is 10.0. The quantitative estimate of drug-likeness (QED) is 0.624. The first-order chi connectivity index (χ1) is 9.30. The molecule has 1 aromatic heterocycles. The first-order valence-corrected chi connectivity index (χ1v) is 6.73. The highest BCUT2D eigenvalue weighted by Gasteiger charge is 2.21. The van der Waals surface area contributed by atoms with Crippen LogP contribution in [0, 0.1) is 0 Å². The summed E-state index contributed by atoms with van der Waals surface area (Å²) in [6, 6.07) is 5.56. The van der Waals surface area contributed by atoms with Crippen LogP contribution in [-0.2, 0) is 6.42 Å². The number of nitrogens with two attached hydrogens (primary N) is 1. The number of ether oxygens (including phenoxy) is 2. The van der Waals surface area contributed by atoms with Crippen molar-refractivity contribution in [3.63, 3.8) is 0 Å². The van der Waals surface area contributed by atoms with E-state index in [-0.39, 0.29) is 6.04 Å². The van der Waals surface area contributed by atoms with E-state index in [1.165, 1.54) is 0 Å². The first-order valence-electron chi connectivity index (χ1n) is 5.85. The molecule has 0 aliphatic carbocycles. The Morgan fingerprint density at radius 2 is 2.00 bits per heavy atom. The number of aromatic nitrogens is 1. The molecule has 3 N–H and O–H groups in total. The Kier molecular flexibility index (Phi) is 4.73. The molecule has 0 amide bonds. The number of hydrazine groups is 1. The molecule has 0 saturated heterocycles. The molecule has 6 heteroatoms. The minimum atomic E-state index is -0.114. The molecule has 0 saturated carbocycles. The molecule has 0 radical (unpaired) electrons. The number of nitrogens with zero attached hydrogens (tertiary/aromatic N) is 1. The summed E-state index contributed by atoms with van der Waals surface area (Å²) in [6.07, 6.45) is 2.47. The summed E-state index contributed by atoms with van der Waals surface area (Å²) in [7, 11) is 3.27. The van der Waals surface area contributed by atoms with Gasteiger partial charge in [-0.1, -0.05) is 6.07 Å². The summed E-state index contributed by atoms with van der Waals surface area (Å²) in [5, 5.41) is 2.96. The van der Waals surface area contributed by atoms with Gasteiger partial charge < -0.3 is 9.47 Å². The van der Waals surface area contributed by atoms with Gasteiger partial charge in [0.25, 0.3) is 0 Å². The van der Waals surface area contributed by atoms with E-state index in [2.05, 4.69) is 10.4 Å². The third-order valence-electron chi connectivity index (χ3n) is 2.88. The summed E-state index contributed by atoms with van der Waals surface area (Å²) in [5.74, 6) is 7.18. The molecule has 1 unspecified atom stereocenters. The van der Waals surface area contributed by atoms with Crippen LogP contribution in [0.4, 0.5) is 0 Å². The summed E-state index contributed by atoms with van der Waals surface area (Å²) in [5.41, 5.74) is 3.72. The average molecular weight is 279 g/mol. The molecule has 102 valence electrons. The van der Waals surface area contributed by atoms with E-state index < -0.39 is 0 Å². The SMILES string of the molecule is COc1cccc(OC)c1C(Cc1nccs1)NN. The largest absolute Gasteiger partial charge is 0.496 e. The second-order valence-corrected chi connectivity index (χ2v) is 4.90. The monoisotopic (exact) mass is 279 g/mol. The summed E-state index contributed by atoms with van der Waals surface area (Å²) >= 11 is 1.60. The van der Waals surface area contributed by atoms with Gasteiger partial charge in [0.15, 0.2) is 0 Å². The normalized spacial score (nSPS) is 12.2. The predicted octanol–water partition coefficient (Wildman–Crippen LogP) is 1.91. The topological polar surface area (TPSA) is 69.4 Å². The zero-order valence-electron chi connectivity index (χ0n) is 10.9. The molecule has 5 nitrogen and oxygen atoms in total. The summed E-state index contributed by atoms with van der Waals surface area (Å²) in [4.78, 5) is 4.28. The van der Waals surface area contributed by atoms with Crippen LogP contribution in [-0.4, -0.2) is 19.2 Å². The van der Waals surface area contributed by atoms with Gasteiger partial charge in [-0.05, 0) is 12.1 Å². The zero-order valence-corrected chi connectivity index (χ0v) is 11.7. The molecule has 19 heavy (non-hydrogen) atoms. The fourth-order valence-electron chi connectivity index (χ4n) is 2.00. The second-order valence-electron chi connectivity index (χ2n) is 3.93. The summed E-state index contributed by atoms with van der Waals surface area (Å²) < 4.78 is 10.8. The van der Waals surface area contributed by atoms with Crippen molar-refractivity contribution < 1.29 is 9.47 Å². The van der Waals surface area contributed by atoms with E-state index in [1.807, 2.05) is 23.6 Å². The highest BCUT2D eigenvalue weighted by molar-refractivity contribution is 7.09. The Morgan fingerprint density at radius 1 is 1.32 bits per heavy atom. The molecule has 1 aromatic carbocycles. The summed E-state index contributed by atoms with van der Waals surface area (Å²) in [6.45, 7) is 0. The minimum absolute atomic E-state index is 0.114. The van der Waals surface area contributed by atoms with Crippen LogP contribution in [0.3, 0.4) is 0 Å². The average Bonchev–Trinajstić information content (AvgIpc) is 2.97. The van der Waals surface area contributed by atoms with Crippen LogP contribution in [0.15, 0.2) is 29.8 Å². The predicted molar refractivity (Wildman–Crippen MR) is 75.4 cm³/mol. The first kappa shape index (κ1) is 13.8. The highest BCUT2D eigenvalue weighted by Crippen LogP contribution is 2.35. The molecule has 1 atom stereocenters. The standard InChI is InChI=1S/C13H17N3O2S/c1-17-10-4-3-5-11(18-2)13(10)9(16-14)8-12-15-6-7-19-12/h3-7,9,16H,8,14H2,1-2H3. The molecule has 2 rings (SSSR count). The van der Waals surface area contributed by atoms with E-state index in [0.717, 1.165) is 22.1 Å². The third-order valence-corrected chi connectivity index (χ3v) is 3.68. The maximum Gasteiger partial charge on any atom is 0.127 e. The number of hydrogen-bond donors (Lipinski definition) is 2. The van der Waals surface area contributed by atoms with Crippen molar-refractivity contribution in [2.45, 2.75) is 12.5 Å². The van der Waals surface area contributed by atoms with Crippen molar-refractivity contribution in [3.8, 4) is 11.5 Å². The Bertz CT molecular complexity index is 494. The third kappa shape index (κ3) is 3.04. The molecule has 0 aliphatic rings. The van der Waals surface area contributed by atoms with Gasteiger partial charge in [0, 0.05) is 18.0 Å². The fraction of sp³-hybridized carbons (Fsp3) is 0.308. The van der Waals surface area contributed by atoms with Crippen molar-refractivity contribution in [1.29, 1.82) is 0 Å². The molecule has 0 aliphatic heterocycles. The van der Waals surface area contributed by atoms with E-state index in [0.29, 0.717) is 6.42 Å². The molecular weight excluding hydrogens is 262 g/mol. The molecule has 2 aromatic rings. The van der Waals surface area contributed by atoms with Gasteiger partial charge >= 0.3 is 0 Å². The second kappa shape index (κ2) is 6.51. The van der Waals surface area contributed by atoms with Gasteiger partial charge in [-0.15, -0.1) is 11.3 Å². The van der Waals surface area contributed by atoms with E-state index in [1.54, 1.807) is 31.8 Å². The van der Waals surface area contributed by atoms with Crippen molar-refractivity contribution in [3.05, 3.63) is 40.3 Å². The molecule has 0 spiro atoms. The highest BCUT2D eigenvalue weighted by atomic mass is 32.1. The lowest BCUT2D eigenvalue weighted by Crippen LogP contribution is -2.30. The van der Waals surface area contributed by atoms with Crippen molar-refractivity contribution in [2.24, 2.45) is 5.84 Å². The number of rotatable bonds is 6. The Balaban J connectivity index is 2.36. The number of benzene rings is 1. The molecule has 1 heterocycles. The zero-order chi connectivity index (χ0) is 13.7. The van der Waals surface area contributed by atoms with Crippen molar-refractivity contribution in [1.82, 2.24) is 10.4 Å². The van der Waals surface area contributed by atoms with Gasteiger partial charge in [0.2, 0.25) is 0 Å². The maximum atomic E-state index is 5.68. The number of thiazole rings is 1. The molecular formula is C13H17N3O2S. The number of nitrogens with one attached hydrogen (secondary N) is 1. The molecule has 0 fully saturated rings. The van der Waals surface area contributed by atoms with E-state index in [9.17, 15) is 0 Å². The van der Waals surface area contributed by atoms with Crippen LogP contribution in [0.5, 0.6) is 11.5 Å². The van der Waals surface area contributed by atoms with E-state index >= 15 is 0 Å². The van der Waals surface area contributed by atoms with Gasteiger partial charge in [-0.25, -0.2) is 4.98 Å². The number of methoxy groups -OCH3 is 2. The van der Waals surface area contributed by atoms with Gasteiger partial charge in [-0.2, -0.15) is 0 Å². The fourth-order valence-corrected chi connectivity index (χ4v) is 2.66. The Morgan fingerprint density at radius 3 is 2.47 bits per heavy atom. The minimum Gasteiger partial charge on any atom is -0.496 e. The van der Waals surface area contributed by atoms with Crippen molar-refractivity contribution >= 4 is 11.3 Å². The lowest BCUT2D eigenvalue weighted by molar-refractivity contribution is 0.370. The molecule has 0 bridgehead atoms. The van der Waals surface area contributed by atoms with Crippen LogP contribution in [0.2, 0.25) is 0 Å². The van der Waals surface area contributed by atoms with Crippen molar-refractivity contribution in [2.75, 3.05) is 14.2 Å².